The van der Waals surface area contributed by atoms with E-state index in [4.69, 9.17) is 5.73 Å². The highest BCUT2D eigenvalue weighted by Gasteiger charge is 2.08. The van der Waals surface area contributed by atoms with E-state index < -0.39 is 0 Å². The van der Waals surface area contributed by atoms with E-state index in [9.17, 15) is 0 Å². The second-order valence-corrected chi connectivity index (χ2v) is 8.95. The molecule has 0 radical (unpaired) electrons. The molecule has 0 atom stereocenters. The molecule has 0 saturated carbocycles. The number of anilines is 1. The van der Waals surface area contributed by atoms with Gasteiger partial charge in [0.1, 0.15) is 0 Å². The Bertz CT molecular complexity index is 1470. The Kier molecular flexibility index (Phi) is 6.15. The van der Waals surface area contributed by atoms with Crippen molar-refractivity contribution in [2.45, 2.75) is 26.4 Å². The van der Waals surface area contributed by atoms with Crippen LogP contribution in [0.2, 0.25) is 0 Å². The molecule has 0 unspecified atom stereocenters. The number of benzene rings is 4. The summed E-state index contributed by atoms with van der Waals surface area (Å²) in [6, 6.07) is 27.9. The molecule has 34 heavy (non-hydrogen) atoms. The molecular weight excluding hydrogens is 416 g/mol. The summed E-state index contributed by atoms with van der Waals surface area (Å²) in [5.41, 5.74) is 13.9. The van der Waals surface area contributed by atoms with Crippen molar-refractivity contribution in [3.63, 3.8) is 0 Å². The molecule has 4 nitrogen and oxygen atoms in total. The maximum absolute atomic E-state index is 6.21. The van der Waals surface area contributed by atoms with Gasteiger partial charge in [0.05, 0.1) is 11.2 Å². The zero-order valence-electron chi connectivity index (χ0n) is 19.8. The predicted octanol–water partition coefficient (Wildman–Crippen LogP) is 6.66. The van der Waals surface area contributed by atoms with Crippen molar-refractivity contribution >= 4 is 39.5 Å². The number of rotatable bonds is 7. The third-order valence-corrected chi connectivity index (χ3v) is 6.39. The normalized spacial score (nSPS) is 11.9. The fraction of sp³-hybridized carbons (Fsp3) is 0.167. The van der Waals surface area contributed by atoms with Gasteiger partial charge in [-0.15, -0.1) is 0 Å². The highest BCUT2D eigenvalue weighted by atomic mass is 15.1. The van der Waals surface area contributed by atoms with Crippen molar-refractivity contribution in [3.05, 3.63) is 107 Å². The number of nitrogens with one attached hydrogen (secondary N) is 1. The van der Waals surface area contributed by atoms with Gasteiger partial charge < -0.3 is 5.73 Å². The standard InChI is InChI=1S/C30H30N4/c1-3-23-17-30-27(18-28(23)31)29(32-33-30)15-14-21-8-6-9-22(16-21)19-34(2)20-25-12-7-11-24-10-4-5-13-26(24)25/h4-18H,3,19-20,31H2,1-2H3,(H,32,33)/b15-14+. The summed E-state index contributed by atoms with van der Waals surface area (Å²) in [5, 5.41) is 11.3. The molecule has 0 bridgehead atoms. The maximum Gasteiger partial charge on any atom is 0.0928 e. The largest absolute Gasteiger partial charge is 0.398 e. The molecule has 4 heteroatoms. The fourth-order valence-corrected chi connectivity index (χ4v) is 4.64. The fourth-order valence-electron chi connectivity index (χ4n) is 4.64. The van der Waals surface area contributed by atoms with Gasteiger partial charge in [0, 0.05) is 24.2 Å². The minimum Gasteiger partial charge on any atom is -0.398 e. The first kappa shape index (κ1) is 21.9. The van der Waals surface area contributed by atoms with Crippen LogP contribution >= 0.6 is 0 Å². The summed E-state index contributed by atoms with van der Waals surface area (Å²) in [4.78, 5) is 2.36. The van der Waals surface area contributed by atoms with E-state index >= 15 is 0 Å². The number of nitrogens with two attached hydrogens (primary N) is 1. The lowest BCUT2D eigenvalue weighted by Gasteiger charge is -2.18. The summed E-state index contributed by atoms with van der Waals surface area (Å²) < 4.78 is 0. The summed E-state index contributed by atoms with van der Waals surface area (Å²) in [7, 11) is 2.18. The molecule has 0 saturated heterocycles. The van der Waals surface area contributed by atoms with Gasteiger partial charge in [0.2, 0.25) is 0 Å². The summed E-state index contributed by atoms with van der Waals surface area (Å²) in [6.45, 7) is 3.90. The van der Waals surface area contributed by atoms with Gasteiger partial charge in [0.25, 0.3) is 0 Å². The SMILES string of the molecule is CCc1cc2[nH]nc(/C=C/c3cccc(CN(C)Cc4cccc5ccccc45)c3)c2cc1N. The highest BCUT2D eigenvalue weighted by Crippen LogP contribution is 2.25. The number of fused-ring (bicyclic) bond motifs is 2. The third-order valence-electron chi connectivity index (χ3n) is 6.39. The number of aryl methyl sites for hydroxylation is 1. The van der Waals surface area contributed by atoms with Crippen LogP contribution in [0.4, 0.5) is 5.69 Å². The number of aromatic amines is 1. The predicted molar refractivity (Wildman–Crippen MR) is 144 cm³/mol. The Morgan fingerprint density at radius 1 is 0.853 bits per heavy atom. The molecule has 4 aromatic carbocycles. The molecule has 5 rings (SSSR count). The monoisotopic (exact) mass is 446 g/mol. The third kappa shape index (κ3) is 4.59. The van der Waals surface area contributed by atoms with Crippen LogP contribution in [-0.2, 0) is 19.5 Å². The highest BCUT2D eigenvalue weighted by molar-refractivity contribution is 5.92. The first-order chi connectivity index (χ1) is 16.6. The molecule has 5 aromatic rings. The van der Waals surface area contributed by atoms with Crippen molar-refractivity contribution in [1.29, 1.82) is 0 Å². The second kappa shape index (κ2) is 9.54. The molecule has 0 amide bonds. The van der Waals surface area contributed by atoms with Crippen molar-refractivity contribution in [3.8, 4) is 0 Å². The van der Waals surface area contributed by atoms with Crippen LogP contribution < -0.4 is 5.73 Å². The van der Waals surface area contributed by atoms with Crippen LogP contribution in [0, 0.1) is 0 Å². The van der Waals surface area contributed by atoms with Gasteiger partial charge in [-0.1, -0.05) is 79.7 Å². The van der Waals surface area contributed by atoms with Crippen molar-refractivity contribution in [1.82, 2.24) is 15.1 Å². The molecule has 0 fully saturated rings. The smallest absolute Gasteiger partial charge is 0.0928 e. The Morgan fingerprint density at radius 2 is 1.68 bits per heavy atom. The number of aromatic nitrogens is 2. The molecule has 1 heterocycles. The first-order valence-corrected chi connectivity index (χ1v) is 11.8. The number of nitrogens with zero attached hydrogens (tertiary/aromatic N) is 2. The molecule has 0 spiro atoms. The molecule has 0 aliphatic heterocycles. The lowest BCUT2D eigenvalue weighted by atomic mass is 10.0. The zero-order chi connectivity index (χ0) is 23.5. The van der Waals surface area contributed by atoms with Crippen LogP contribution in [-0.4, -0.2) is 22.1 Å². The van der Waals surface area contributed by atoms with Crippen LogP contribution in [0.5, 0.6) is 0 Å². The number of hydrogen-bond acceptors (Lipinski definition) is 3. The number of H-pyrrole nitrogens is 1. The van der Waals surface area contributed by atoms with Crippen LogP contribution in [0.15, 0.2) is 78.9 Å². The molecule has 0 aliphatic rings. The van der Waals surface area contributed by atoms with E-state index in [1.165, 1.54) is 21.9 Å². The van der Waals surface area contributed by atoms with Gasteiger partial charge in [-0.25, -0.2) is 0 Å². The van der Waals surface area contributed by atoms with Gasteiger partial charge in [-0.2, -0.15) is 5.10 Å². The summed E-state index contributed by atoms with van der Waals surface area (Å²) >= 11 is 0. The summed E-state index contributed by atoms with van der Waals surface area (Å²) in [6.07, 6.45) is 5.09. The zero-order valence-corrected chi connectivity index (χ0v) is 19.8. The van der Waals surface area contributed by atoms with E-state index in [0.717, 1.165) is 52.9 Å². The Hall–Kier alpha value is -3.89. The topological polar surface area (TPSA) is 57.9 Å². The Labute approximate surface area is 200 Å². The molecule has 0 aliphatic carbocycles. The van der Waals surface area contributed by atoms with E-state index in [1.54, 1.807) is 0 Å². The Morgan fingerprint density at radius 3 is 2.56 bits per heavy atom. The quantitative estimate of drug-likeness (QED) is 0.275. The van der Waals surface area contributed by atoms with Crippen LogP contribution in [0.3, 0.4) is 0 Å². The minimum atomic E-state index is 0.822. The van der Waals surface area contributed by atoms with E-state index in [-0.39, 0.29) is 0 Å². The average molecular weight is 447 g/mol. The number of nitrogen functional groups attached to an aromatic ring is 1. The minimum absolute atomic E-state index is 0.822. The van der Waals surface area contributed by atoms with Crippen molar-refractivity contribution < 1.29 is 0 Å². The van der Waals surface area contributed by atoms with Crippen LogP contribution in [0.1, 0.15) is 34.9 Å². The lowest BCUT2D eigenvalue weighted by molar-refractivity contribution is 0.320. The van der Waals surface area contributed by atoms with Gasteiger partial charge in [-0.3, -0.25) is 10.00 Å². The molecular formula is C30H30N4. The second-order valence-electron chi connectivity index (χ2n) is 8.95. The van der Waals surface area contributed by atoms with Gasteiger partial charge >= 0.3 is 0 Å². The summed E-state index contributed by atoms with van der Waals surface area (Å²) in [5.74, 6) is 0. The van der Waals surface area contributed by atoms with Crippen LogP contribution in [0.25, 0.3) is 33.8 Å². The van der Waals surface area contributed by atoms with Crippen molar-refractivity contribution in [2.24, 2.45) is 0 Å². The van der Waals surface area contributed by atoms with E-state index in [0.29, 0.717) is 0 Å². The molecule has 3 N–H and O–H groups in total. The maximum atomic E-state index is 6.21. The average Bonchev–Trinajstić information content (AvgIpc) is 3.24. The van der Waals surface area contributed by atoms with Crippen molar-refractivity contribution in [2.75, 3.05) is 12.8 Å². The van der Waals surface area contributed by atoms with Gasteiger partial charge in [0.15, 0.2) is 0 Å². The molecule has 170 valence electrons. The Balaban J connectivity index is 1.31. The van der Waals surface area contributed by atoms with E-state index in [1.807, 2.05) is 6.07 Å². The molecule has 1 aromatic heterocycles. The van der Waals surface area contributed by atoms with E-state index in [2.05, 4.69) is 114 Å². The number of hydrogen-bond donors (Lipinski definition) is 2. The first-order valence-electron chi connectivity index (χ1n) is 11.8. The van der Waals surface area contributed by atoms with Gasteiger partial charge in [-0.05, 0) is 64.7 Å². The lowest BCUT2D eigenvalue weighted by Crippen LogP contribution is -2.17.